The number of benzene rings is 1. The number of Topliss-reactive ketones (excluding diaryl/α,β-unsaturated/α-hetero) is 1. The van der Waals surface area contributed by atoms with Gasteiger partial charge in [-0.15, -0.1) is 0 Å². The fraction of sp³-hybridized carbons (Fsp3) is 0.562. The van der Waals surface area contributed by atoms with Crippen LogP contribution in [0.3, 0.4) is 0 Å². The normalized spacial score (nSPS) is 26.5. The lowest BCUT2D eigenvalue weighted by molar-refractivity contribution is -0.145. The Morgan fingerprint density at radius 3 is 2.60 bits per heavy atom. The van der Waals surface area contributed by atoms with Crippen molar-refractivity contribution in [3.05, 3.63) is 35.4 Å². The van der Waals surface area contributed by atoms with Crippen molar-refractivity contribution in [2.45, 2.75) is 44.6 Å². The molecule has 1 saturated carbocycles. The SMILES string of the molecule is COC1(C(=O)Cc2cccc(F)c2F)CCC(C)CC1. The summed E-state index contributed by atoms with van der Waals surface area (Å²) in [4.78, 5) is 12.5. The van der Waals surface area contributed by atoms with Gasteiger partial charge < -0.3 is 4.74 Å². The highest BCUT2D eigenvalue weighted by atomic mass is 19.2. The standard InChI is InChI=1S/C16H20F2O2/c1-11-6-8-16(20-2,9-7-11)14(19)10-12-4-3-5-13(17)15(12)18/h3-5,11H,6-10H2,1-2H3. The summed E-state index contributed by atoms with van der Waals surface area (Å²) in [5.41, 5.74) is -0.726. The number of ether oxygens (including phenoxy) is 1. The molecule has 0 N–H and O–H groups in total. The van der Waals surface area contributed by atoms with E-state index in [0.29, 0.717) is 18.8 Å². The summed E-state index contributed by atoms with van der Waals surface area (Å²) < 4.78 is 32.3. The minimum Gasteiger partial charge on any atom is -0.370 e. The van der Waals surface area contributed by atoms with Crippen molar-refractivity contribution in [2.24, 2.45) is 5.92 Å². The van der Waals surface area contributed by atoms with Gasteiger partial charge in [0.15, 0.2) is 17.4 Å². The zero-order chi connectivity index (χ0) is 14.8. The van der Waals surface area contributed by atoms with Gasteiger partial charge in [-0.1, -0.05) is 19.1 Å². The lowest BCUT2D eigenvalue weighted by Crippen LogP contribution is -2.44. The van der Waals surface area contributed by atoms with Crippen LogP contribution in [-0.4, -0.2) is 18.5 Å². The zero-order valence-electron chi connectivity index (χ0n) is 11.9. The molecule has 1 aliphatic rings. The lowest BCUT2D eigenvalue weighted by atomic mass is 9.76. The third kappa shape index (κ3) is 2.90. The second kappa shape index (κ2) is 6.00. The van der Waals surface area contributed by atoms with Crippen LogP contribution in [0.1, 0.15) is 38.2 Å². The predicted molar refractivity (Wildman–Crippen MR) is 72.4 cm³/mol. The van der Waals surface area contributed by atoms with Crippen LogP contribution in [-0.2, 0) is 16.0 Å². The van der Waals surface area contributed by atoms with Gasteiger partial charge in [-0.2, -0.15) is 0 Å². The molecular formula is C16H20F2O2. The Morgan fingerprint density at radius 1 is 1.35 bits per heavy atom. The number of carbonyl (C=O) groups excluding carboxylic acids is 1. The summed E-state index contributed by atoms with van der Waals surface area (Å²) in [5.74, 6) is -1.43. The Hall–Kier alpha value is -1.29. The number of hydrogen-bond acceptors (Lipinski definition) is 2. The molecule has 0 aromatic heterocycles. The van der Waals surface area contributed by atoms with E-state index in [9.17, 15) is 13.6 Å². The van der Waals surface area contributed by atoms with Crippen LogP contribution in [0.2, 0.25) is 0 Å². The van der Waals surface area contributed by atoms with Crippen LogP contribution in [0.15, 0.2) is 18.2 Å². The summed E-state index contributed by atoms with van der Waals surface area (Å²) >= 11 is 0. The Balaban J connectivity index is 2.16. The first kappa shape index (κ1) is 15.1. The van der Waals surface area contributed by atoms with Crippen LogP contribution in [0, 0.1) is 17.6 Å². The monoisotopic (exact) mass is 282 g/mol. The minimum atomic E-state index is -0.934. The minimum absolute atomic E-state index is 0.102. The first-order valence-electron chi connectivity index (χ1n) is 7.00. The molecule has 110 valence electrons. The van der Waals surface area contributed by atoms with Gasteiger partial charge in [-0.3, -0.25) is 4.79 Å². The summed E-state index contributed by atoms with van der Waals surface area (Å²) in [6.07, 6.45) is 3.03. The van der Waals surface area contributed by atoms with Gasteiger partial charge in [-0.25, -0.2) is 8.78 Å². The van der Waals surface area contributed by atoms with Crippen LogP contribution in [0.5, 0.6) is 0 Å². The molecule has 1 aliphatic carbocycles. The second-order valence-corrected chi connectivity index (χ2v) is 5.69. The topological polar surface area (TPSA) is 26.3 Å². The fourth-order valence-electron chi connectivity index (χ4n) is 2.84. The van der Waals surface area contributed by atoms with Gasteiger partial charge in [-0.05, 0) is 43.2 Å². The molecule has 20 heavy (non-hydrogen) atoms. The van der Waals surface area contributed by atoms with E-state index in [0.717, 1.165) is 18.9 Å². The number of carbonyl (C=O) groups is 1. The van der Waals surface area contributed by atoms with E-state index in [2.05, 4.69) is 6.92 Å². The van der Waals surface area contributed by atoms with Crippen LogP contribution in [0.25, 0.3) is 0 Å². The molecule has 1 aromatic carbocycles. The molecule has 0 radical (unpaired) electrons. The molecule has 0 unspecified atom stereocenters. The van der Waals surface area contributed by atoms with E-state index >= 15 is 0 Å². The van der Waals surface area contributed by atoms with Gasteiger partial charge in [0.2, 0.25) is 0 Å². The highest BCUT2D eigenvalue weighted by molar-refractivity contribution is 5.89. The van der Waals surface area contributed by atoms with E-state index < -0.39 is 17.2 Å². The summed E-state index contributed by atoms with van der Waals surface area (Å²) in [6, 6.07) is 3.92. The van der Waals surface area contributed by atoms with Crippen molar-refractivity contribution in [3.8, 4) is 0 Å². The number of halogens is 2. The summed E-state index contributed by atoms with van der Waals surface area (Å²) in [5, 5.41) is 0. The van der Waals surface area contributed by atoms with Gasteiger partial charge in [0.1, 0.15) is 5.60 Å². The van der Waals surface area contributed by atoms with E-state index in [1.165, 1.54) is 19.2 Å². The summed E-state index contributed by atoms with van der Waals surface area (Å²) in [7, 11) is 1.52. The number of ketones is 1. The Kier molecular flexibility index (Phi) is 4.53. The number of methoxy groups -OCH3 is 1. The molecule has 4 heteroatoms. The third-order valence-corrected chi connectivity index (χ3v) is 4.36. The maximum atomic E-state index is 13.7. The quantitative estimate of drug-likeness (QED) is 0.842. The maximum Gasteiger partial charge on any atom is 0.169 e. The Bertz CT molecular complexity index is 491. The number of rotatable bonds is 4. The molecule has 2 rings (SSSR count). The van der Waals surface area contributed by atoms with E-state index in [1.807, 2.05) is 0 Å². The average Bonchev–Trinajstić information content (AvgIpc) is 2.45. The molecule has 0 amide bonds. The molecule has 0 spiro atoms. The molecule has 0 heterocycles. The molecular weight excluding hydrogens is 262 g/mol. The van der Waals surface area contributed by atoms with Crippen molar-refractivity contribution in [1.82, 2.24) is 0 Å². The first-order chi connectivity index (χ1) is 9.48. The van der Waals surface area contributed by atoms with Gasteiger partial charge >= 0.3 is 0 Å². The van der Waals surface area contributed by atoms with Crippen LogP contribution < -0.4 is 0 Å². The van der Waals surface area contributed by atoms with E-state index in [4.69, 9.17) is 4.74 Å². The molecule has 0 bridgehead atoms. The average molecular weight is 282 g/mol. The van der Waals surface area contributed by atoms with E-state index in [-0.39, 0.29) is 17.8 Å². The molecule has 0 atom stereocenters. The zero-order valence-corrected chi connectivity index (χ0v) is 11.9. The van der Waals surface area contributed by atoms with Gasteiger partial charge in [0.05, 0.1) is 0 Å². The van der Waals surface area contributed by atoms with Gasteiger partial charge in [0, 0.05) is 13.5 Å². The third-order valence-electron chi connectivity index (χ3n) is 4.36. The highest BCUT2D eigenvalue weighted by Gasteiger charge is 2.40. The molecule has 2 nitrogen and oxygen atoms in total. The highest BCUT2D eigenvalue weighted by Crippen LogP contribution is 2.36. The fourth-order valence-corrected chi connectivity index (χ4v) is 2.84. The van der Waals surface area contributed by atoms with Crippen molar-refractivity contribution in [3.63, 3.8) is 0 Å². The smallest absolute Gasteiger partial charge is 0.169 e. The van der Waals surface area contributed by atoms with Crippen molar-refractivity contribution >= 4 is 5.78 Å². The van der Waals surface area contributed by atoms with Crippen molar-refractivity contribution < 1.29 is 18.3 Å². The second-order valence-electron chi connectivity index (χ2n) is 5.69. The Labute approximate surface area is 118 Å². The van der Waals surface area contributed by atoms with Crippen molar-refractivity contribution in [1.29, 1.82) is 0 Å². The van der Waals surface area contributed by atoms with E-state index in [1.54, 1.807) is 0 Å². The van der Waals surface area contributed by atoms with Crippen molar-refractivity contribution in [2.75, 3.05) is 7.11 Å². The number of hydrogen-bond donors (Lipinski definition) is 0. The van der Waals surface area contributed by atoms with Crippen LogP contribution in [0.4, 0.5) is 8.78 Å². The maximum absolute atomic E-state index is 13.7. The first-order valence-corrected chi connectivity index (χ1v) is 7.00. The Morgan fingerprint density at radius 2 is 2.00 bits per heavy atom. The summed E-state index contributed by atoms with van der Waals surface area (Å²) in [6.45, 7) is 2.15. The largest absolute Gasteiger partial charge is 0.370 e. The molecule has 1 fully saturated rings. The molecule has 0 aliphatic heterocycles. The lowest BCUT2D eigenvalue weighted by Gasteiger charge is -2.37. The van der Waals surface area contributed by atoms with Gasteiger partial charge in [0.25, 0.3) is 0 Å². The predicted octanol–water partition coefficient (Wildman–Crippen LogP) is 3.67. The molecule has 1 aromatic rings. The molecule has 0 saturated heterocycles. The van der Waals surface area contributed by atoms with Crippen LogP contribution >= 0.6 is 0 Å².